The maximum absolute atomic E-state index is 10.3. The predicted octanol–water partition coefficient (Wildman–Crippen LogP) is 3.11. The third-order valence-corrected chi connectivity index (χ3v) is 4.19. The van der Waals surface area contributed by atoms with Gasteiger partial charge in [0.1, 0.15) is 18.5 Å². The van der Waals surface area contributed by atoms with E-state index in [4.69, 9.17) is 4.74 Å². The van der Waals surface area contributed by atoms with Gasteiger partial charge in [0.15, 0.2) is 0 Å². The lowest BCUT2D eigenvalue weighted by atomic mass is 10.1. The van der Waals surface area contributed by atoms with Crippen molar-refractivity contribution in [1.29, 1.82) is 0 Å². The van der Waals surface area contributed by atoms with Gasteiger partial charge in [0.05, 0.1) is 0 Å². The zero-order valence-corrected chi connectivity index (χ0v) is 13.2. The Balaban J connectivity index is 1.57. The van der Waals surface area contributed by atoms with Gasteiger partial charge in [0, 0.05) is 18.8 Å². The number of aliphatic hydroxyl groups excluding tert-OH is 1. The second-order valence-corrected chi connectivity index (χ2v) is 6.06. The Morgan fingerprint density at radius 1 is 1.18 bits per heavy atom. The summed E-state index contributed by atoms with van der Waals surface area (Å²) in [6.45, 7) is 5.98. The molecule has 22 heavy (non-hydrogen) atoms. The molecule has 0 aliphatic carbocycles. The minimum atomic E-state index is -0.494. The number of para-hydroxylation sites is 1. The van der Waals surface area contributed by atoms with Crippen molar-refractivity contribution in [2.75, 3.05) is 24.6 Å². The maximum atomic E-state index is 10.3. The number of ether oxygens (including phenoxy) is 1. The van der Waals surface area contributed by atoms with Crippen LogP contribution in [-0.4, -0.2) is 30.9 Å². The lowest BCUT2D eigenvalue weighted by molar-refractivity contribution is 0.112. The number of nitrogens with zero attached hydrogens (tertiary/aromatic N) is 1. The predicted molar refractivity (Wildman–Crippen MR) is 89.8 cm³/mol. The highest BCUT2D eigenvalue weighted by atomic mass is 16.5. The summed E-state index contributed by atoms with van der Waals surface area (Å²) in [5.74, 6) is 0.862. The second-order valence-electron chi connectivity index (χ2n) is 6.06. The molecule has 3 heteroatoms. The summed E-state index contributed by atoms with van der Waals surface area (Å²) in [5.41, 5.74) is 4.88. The number of aliphatic hydroxyl groups is 1. The van der Waals surface area contributed by atoms with Gasteiger partial charge in [0.25, 0.3) is 0 Å². The minimum absolute atomic E-state index is 0.322. The number of fused-ring (bicyclic) bond motifs is 1. The number of benzene rings is 2. The highest BCUT2D eigenvalue weighted by Gasteiger charge is 2.21. The lowest BCUT2D eigenvalue weighted by Crippen LogP contribution is -2.34. The Kier molecular flexibility index (Phi) is 4.34. The van der Waals surface area contributed by atoms with Crippen LogP contribution in [-0.2, 0) is 6.42 Å². The Hall–Kier alpha value is -2.00. The van der Waals surface area contributed by atoms with Gasteiger partial charge in [0.2, 0.25) is 0 Å². The Morgan fingerprint density at radius 3 is 2.86 bits per heavy atom. The molecule has 1 N–H and O–H groups in total. The van der Waals surface area contributed by atoms with E-state index in [-0.39, 0.29) is 0 Å². The van der Waals surface area contributed by atoms with Crippen molar-refractivity contribution >= 4 is 5.69 Å². The van der Waals surface area contributed by atoms with Gasteiger partial charge in [-0.15, -0.1) is 0 Å². The molecule has 0 amide bonds. The molecule has 3 nitrogen and oxygen atoms in total. The first-order valence-corrected chi connectivity index (χ1v) is 7.84. The van der Waals surface area contributed by atoms with Crippen LogP contribution < -0.4 is 9.64 Å². The average molecular weight is 297 g/mol. The van der Waals surface area contributed by atoms with Crippen LogP contribution in [0.5, 0.6) is 5.75 Å². The van der Waals surface area contributed by atoms with Crippen LogP contribution in [0.2, 0.25) is 0 Å². The van der Waals surface area contributed by atoms with E-state index in [1.165, 1.54) is 16.8 Å². The van der Waals surface area contributed by atoms with E-state index >= 15 is 0 Å². The molecule has 1 aliphatic rings. The van der Waals surface area contributed by atoms with Crippen LogP contribution in [0.25, 0.3) is 0 Å². The first kappa shape index (κ1) is 14.9. The summed E-state index contributed by atoms with van der Waals surface area (Å²) in [7, 11) is 0. The summed E-state index contributed by atoms with van der Waals surface area (Å²) >= 11 is 0. The molecule has 1 atom stereocenters. The fourth-order valence-electron chi connectivity index (χ4n) is 2.95. The largest absolute Gasteiger partial charge is 0.491 e. The van der Waals surface area contributed by atoms with E-state index in [0.29, 0.717) is 13.2 Å². The van der Waals surface area contributed by atoms with Gasteiger partial charge in [-0.25, -0.2) is 0 Å². The van der Waals surface area contributed by atoms with Crippen LogP contribution in [0.4, 0.5) is 5.69 Å². The van der Waals surface area contributed by atoms with Crippen LogP contribution >= 0.6 is 0 Å². The van der Waals surface area contributed by atoms with E-state index in [9.17, 15) is 5.11 Å². The van der Waals surface area contributed by atoms with Crippen LogP contribution in [0.3, 0.4) is 0 Å². The molecule has 2 aromatic carbocycles. The number of aryl methyl sites for hydroxylation is 2. The van der Waals surface area contributed by atoms with Crippen molar-refractivity contribution in [1.82, 2.24) is 0 Å². The summed E-state index contributed by atoms with van der Waals surface area (Å²) in [6.07, 6.45) is 0.562. The first-order chi connectivity index (χ1) is 10.6. The monoisotopic (exact) mass is 297 g/mol. The van der Waals surface area contributed by atoms with E-state index in [1.807, 2.05) is 26.0 Å². The molecular formula is C19H23NO2. The molecule has 1 unspecified atom stereocenters. The van der Waals surface area contributed by atoms with Gasteiger partial charge in [-0.1, -0.05) is 30.3 Å². The number of rotatable bonds is 5. The molecule has 3 rings (SSSR count). The van der Waals surface area contributed by atoms with Crippen molar-refractivity contribution in [3.05, 3.63) is 59.2 Å². The summed E-state index contributed by atoms with van der Waals surface area (Å²) in [6, 6.07) is 14.5. The molecule has 0 saturated carbocycles. The Bertz CT molecular complexity index is 654. The zero-order chi connectivity index (χ0) is 15.5. The lowest BCUT2D eigenvalue weighted by Gasteiger charge is -2.23. The van der Waals surface area contributed by atoms with Gasteiger partial charge in [-0.05, 0) is 49.1 Å². The smallest absolute Gasteiger partial charge is 0.122 e. The third kappa shape index (κ3) is 3.25. The SMILES string of the molecule is Cc1ccc(C)c(OCC(O)CN2CCc3ccccc32)c1. The number of hydrogen-bond acceptors (Lipinski definition) is 3. The zero-order valence-electron chi connectivity index (χ0n) is 13.2. The molecule has 0 spiro atoms. The van der Waals surface area contributed by atoms with Crippen LogP contribution in [0, 0.1) is 13.8 Å². The van der Waals surface area contributed by atoms with Crippen molar-refractivity contribution in [3.63, 3.8) is 0 Å². The van der Waals surface area contributed by atoms with E-state index in [2.05, 4.69) is 35.2 Å². The molecule has 1 heterocycles. The van der Waals surface area contributed by atoms with Gasteiger partial charge in [-0.2, -0.15) is 0 Å². The summed E-state index contributed by atoms with van der Waals surface area (Å²) < 4.78 is 5.80. The van der Waals surface area contributed by atoms with E-state index in [1.54, 1.807) is 0 Å². The quantitative estimate of drug-likeness (QED) is 0.920. The maximum Gasteiger partial charge on any atom is 0.122 e. The third-order valence-electron chi connectivity index (χ3n) is 4.19. The molecular weight excluding hydrogens is 274 g/mol. The number of hydrogen-bond donors (Lipinski definition) is 1. The van der Waals surface area contributed by atoms with Gasteiger partial charge >= 0.3 is 0 Å². The number of β-amino-alcohol motifs (C(OH)–C–C–N with tert-alkyl or cyclic N) is 1. The fraction of sp³-hybridized carbons (Fsp3) is 0.368. The van der Waals surface area contributed by atoms with Crippen LogP contribution in [0.15, 0.2) is 42.5 Å². The first-order valence-electron chi connectivity index (χ1n) is 7.84. The molecule has 116 valence electrons. The Morgan fingerprint density at radius 2 is 2.00 bits per heavy atom. The highest BCUT2D eigenvalue weighted by molar-refractivity contribution is 5.57. The summed E-state index contributed by atoms with van der Waals surface area (Å²) in [4.78, 5) is 2.24. The van der Waals surface area contributed by atoms with Crippen molar-refractivity contribution in [2.45, 2.75) is 26.4 Å². The molecule has 0 bridgehead atoms. The normalized spacial score (nSPS) is 14.8. The second kappa shape index (κ2) is 6.41. The van der Waals surface area contributed by atoms with Crippen LogP contribution in [0.1, 0.15) is 16.7 Å². The molecule has 2 aromatic rings. The van der Waals surface area contributed by atoms with E-state index < -0.39 is 6.10 Å². The molecule has 1 aliphatic heterocycles. The summed E-state index contributed by atoms with van der Waals surface area (Å²) in [5, 5.41) is 10.3. The average Bonchev–Trinajstić information content (AvgIpc) is 2.91. The molecule has 0 radical (unpaired) electrons. The highest BCUT2D eigenvalue weighted by Crippen LogP contribution is 2.27. The fourth-order valence-corrected chi connectivity index (χ4v) is 2.95. The standard InChI is InChI=1S/C19H23NO2/c1-14-7-8-15(2)19(11-14)22-13-17(21)12-20-10-9-16-5-3-4-6-18(16)20/h3-8,11,17,21H,9-10,12-13H2,1-2H3. The molecule has 0 fully saturated rings. The van der Waals surface area contributed by atoms with Crippen molar-refractivity contribution in [2.24, 2.45) is 0 Å². The van der Waals surface area contributed by atoms with Crippen molar-refractivity contribution in [3.8, 4) is 5.75 Å². The van der Waals surface area contributed by atoms with Gasteiger partial charge < -0.3 is 14.7 Å². The van der Waals surface area contributed by atoms with Gasteiger partial charge in [-0.3, -0.25) is 0 Å². The Labute approximate surface area is 132 Å². The molecule has 0 aromatic heterocycles. The topological polar surface area (TPSA) is 32.7 Å². The van der Waals surface area contributed by atoms with Crippen molar-refractivity contribution < 1.29 is 9.84 Å². The molecule has 0 saturated heterocycles. The minimum Gasteiger partial charge on any atom is -0.491 e. The van der Waals surface area contributed by atoms with E-state index in [0.717, 1.165) is 24.3 Å². The number of anilines is 1.